The van der Waals surface area contributed by atoms with Crippen LogP contribution in [-0.4, -0.2) is 20.9 Å². The molecular weight excluding hydrogens is 258 g/mol. The SMILES string of the molecule is Cc1nn(C(C)C)c(C)c1NCc1cc(C(=O)O)co1. The summed E-state index contributed by atoms with van der Waals surface area (Å²) < 4.78 is 7.17. The minimum Gasteiger partial charge on any atom is -0.478 e. The molecule has 0 aliphatic carbocycles. The van der Waals surface area contributed by atoms with Crippen LogP contribution in [0.5, 0.6) is 0 Å². The molecule has 0 unspecified atom stereocenters. The number of rotatable bonds is 5. The average Bonchev–Trinajstić information content (AvgIpc) is 2.93. The van der Waals surface area contributed by atoms with Gasteiger partial charge < -0.3 is 14.8 Å². The second-order valence-electron chi connectivity index (χ2n) is 5.04. The maximum absolute atomic E-state index is 10.8. The Hall–Kier alpha value is -2.24. The van der Waals surface area contributed by atoms with Gasteiger partial charge in [-0.05, 0) is 33.8 Å². The lowest BCUT2D eigenvalue weighted by atomic mass is 10.2. The maximum Gasteiger partial charge on any atom is 0.338 e. The molecular formula is C14H19N3O3. The second-order valence-corrected chi connectivity index (χ2v) is 5.04. The Bertz CT molecular complexity index is 626. The van der Waals surface area contributed by atoms with Gasteiger partial charge in [0, 0.05) is 6.04 Å². The van der Waals surface area contributed by atoms with E-state index in [4.69, 9.17) is 9.52 Å². The van der Waals surface area contributed by atoms with Crippen molar-refractivity contribution in [2.75, 3.05) is 5.32 Å². The molecule has 2 aromatic rings. The zero-order chi connectivity index (χ0) is 14.9. The van der Waals surface area contributed by atoms with Gasteiger partial charge in [-0.25, -0.2) is 4.79 Å². The molecule has 0 atom stereocenters. The van der Waals surface area contributed by atoms with E-state index in [0.717, 1.165) is 17.1 Å². The number of nitrogens with zero attached hydrogens (tertiary/aromatic N) is 2. The van der Waals surface area contributed by atoms with E-state index >= 15 is 0 Å². The number of carboxylic acids is 1. The molecule has 108 valence electrons. The summed E-state index contributed by atoms with van der Waals surface area (Å²) in [6, 6.07) is 1.82. The average molecular weight is 277 g/mol. The fourth-order valence-corrected chi connectivity index (χ4v) is 2.18. The van der Waals surface area contributed by atoms with Crippen LogP contribution in [0.2, 0.25) is 0 Å². The Morgan fingerprint density at radius 1 is 1.50 bits per heavy atom. The van der Waals surface area contributed by atoms with Crippen LogP contribution in [0.1, 0.15) is 47.4 Å². The van der Waals surface area contributed by atoms with E-state index in [2.05, 4.69) is 24.3 Å². The fourth-order valence-electron chi connectivity index (χ4n) is 2.18. The third kappa shape index (κ3) is 2.68. The van der Waals surface area contributed by atoms with Gasteiger partial charge >= 0.3 is 5.97 Å². The predicted molar refractivity (Wildman–Crippen MR) is 75.1 cm³/mol. The quantitative estimate of drug-likeness (QED) is 0.878. The number of furan rings is 1. The third-order valence-electron chi connectivity index (χ3n) is 3.15. The van der Waals surface area contributed by atoms with Crippen molar-refractivity contribution in [3.8, 4) is 0 Å². The lowest BCUT2D eigenvalue weighted by molar-refractivity contribution is 0.0696. The van der Waals surface area contributed by atoms with Gasteiger partial charge in [0.25, 0.3) is 0 Å². The van der Waals surface area contributed by atoms with E-state index < -0.39 is 5.97 Å². The second kappa shape index (κ2) is 5.40. The van der Waals surface area contributed by atoms with E-state index in [1.165, 1.54) is 12.3 Å². The Balaban J connectivity index is 2.12. The van der Waals surface area contributed by atoms with Crippen molar-refractivity contribution < 1.29 is 14.3 Å². The minimum atomic E-state index is -0.986. The van der Waals surface area contributed by atoms with Crippen LogP contribution in [0.25, 0.3) is 0 Å². The Labute approximate surface area is 117 Å². The molecule has 20 heavy (non-hydrogen) atoms. The number of aromatic carboxylic acids is 1. The van der Waals surface area contributed by atoms with E-state index in [1.54, 1.807) is 0 Å². The normalized spacial score (nSPS) is 11.1. The standard InChI is InChI=1S/C14H19N3O3/c1-8(2)17-10(4)13(9(3)16-17)15-6-12-5-11(7-20-12)14(18)19/h5,7-8,15H,6H2,1-4H3,(H,18,19). The molecule has 0 aliphatic rings. The highest BCUT2D eigenvalue weighted by Gasteiger charge is 2.14. The van der Waals surface area contributed by atoms with Crippen LogP contribution in [0, 0.1) is 13.8 Å². The highest BCUT2D eigenvalue weighted by Crippen LogP contribution is 2.23. The van der Waals surface area contributed by atoms with Crippen LogP contribution >= 0.6 is 0 Å². The first-order chi connectivity index (χ1) is 9.40. The minimum absolute atomic E-state index is 0.160. The number of nitrogens with one attached hydrogen (secondary N) is 1. The topological polar surface area (TPSA) is 80.3 Å². The summed E-state index contributed by atoms with van der Waals surface area (Å²) in [5.74, 6) is -0.404. The van der Waals surface area contributed by atoms with Gasteiger partial charge in [-0.1, -0.05) is 0 Å². The molecule has 6 heteroatoms. The first kappa shape index (κ1) is 14.2. The number of aryl methyl sites for hydroxylation is 1. The van der Waals surface area contributed by atoms with Crippen molar-refractivity contribution in [1.29, 1.82) is 0 Å². The summed E-state index contributed by atoms with van der Waals surface area (Å²) in [7, 11) is 0. The summed E-state index contributed by atoms with van der Waals surface area (Å²) in [4.78, 5) is 10.8. The van der Waals surface area contributed by atoms with Crippen molar-refractivity contribution >= 4 is 11.7 Å². The van der Waals surface area contributed by atoms with Crippen LogP contribution in [0.15, 0.2) is 16.7 Å². The molecule has 0 aromatic carbocycles. The highest BCUT2D eigenvalue weighted by atomic mass is 16.4. The zero-order valence-electron chi connectivity index (χ0n) is 12.1. The van der Waals surface area contributed by atoms with Gasteiger partial charge in [-0.15, -0.1) is 0 Å². The first-order valence-electron chi connectivity index (χ1n) is 6.50. The fraction of sp³-hybridized carbons (Fsp3) is 0.429. The van der Waals surface area contributed by atoms with Crippen molar-refractivity contribution in [3.63, 3.8) is 0 Å². The van der Waals surface area contributed by atoms with Gasteiger partial charge in [0.2, 0.25) is 0 Å². The smallest absolute Gasteiger partial charge is 0.338 e. The molecule has 0 bridgehead atoms. The monoisotopic (exact) mass is 277 g/mol. The van der Waals surface area contributed by atoms with Crippen LogP contribution in [-0.2, 0) is 6.54 Å². The van der Waals surface area contributed by atoms with E-state index in [-0.39, 0.29) is 5.56 Å². The van der Waals surface area contributed by atoms with Gasteiger partial charge in [-0.2, -0.15) is 5.10 Å². The molecule has 0 saturated heterocycles. The molecule has 0 saturated carbocycles. The molecule has 0 radical (unpaired) electrons. The Morgan fingerprint density at radius 3 is 2.70 bits per heavy atom. The number of hydrogen-bond acceptors (Lipinski definition) is 4. The number of aromatic nitrogens is 2. The van der Waals surface area contributed by atoms with Crippen molar-refractivity contribution in [2.24, 2.45) is 0 Å². The van der Waals surface area contributed by atoms with E-state index in [9.17, 15) is 4.79 Å². The number of hydrogen-bond donors (Lipinski definition) is 2. The summed E-state index contributed by atoms with van der Waals surface area (Å²) in [6.07, 6.45) is 1.25. The van der Waals surface area contributed by atoms with Crippen LogP contribution < -0.4 is 5.32 Å². The molecule has 0 amide bonds. The Morgan fingerprint density at radius 2 is 2.20 bits per heavy atom. The molecule has 2 heterocycles. The lowest BCUT2D eigenvalue weighted by Crippen LogP contribution is -2.06. The molecule has 6 nitrogen and oxygen atoms in total. The van der Waals surface area contributed by atoms with Crippen LogP contribution in [0.4, 0.5) is 5.69 Å². The molecule has 0 spiro atoms. The van der Waals surface area contributed by atoms with Crippen molar-refractivity contribution in [3.05, 3.63) is 35.0 Å². The number of carboxylic acid groups (broad SMARTS) is 1. The van der Waals surface area contributed by atoms with Crippen molar-refractivity contribution in [2.45, 2.75) is 40.3 Å². The van der Waals surface area contributed by atoms with Gasteiger partial charge in [0.15, 0.2) is 0 Å². The molecule has 2 N–H and O–H groups in total. The zero-order valence-corrected chi connectivity index (χ0v) is 12.1. The Kier molecular flexibility index (Phi) is 3.83. The summed E-state index contributed by atoms with van der Waals surface area (Å²) in [6.45, 7) is 8.54. The van der Waals surface area contributed by atoms with Crippen LogP contribution in [0.3, 0.4) is 0 Å². The third-order valence-corrected chi connectivity index (χ3v) is 3.15. The number of anilines is 1. The van der Waals surface area contributed by atoms with Gasteiger partial charge in [-0.3, -0.25) is 4.68 Å². The maximum atomic E-state index is 10.8. The summed E-state index contributed by atoms with van der Waals surface area (Å²) in [5, 5.41) is 16.6. The van der Waals surface area contributed by atoms with E-state index in [0.29, 0.717) is 18.3 Å². The summed E-state index contributed by atoms with van der Waals surface area (Å²) in [5.41, 5.74) is 3.10. The highest BCUT2D eigenvalue weighted by molar-refractivity contribution is 5.87. The van der Waals surface area contributed by atoms with Gasteiger partial charge in [0.05, 0.1) is 29.2 Å². The molecule has 0 aliphatic heterocycles. The van der Waals surface area contributed by atoms with Crippen molar-refractivity contribution in [1.82, 2.24) is 9.78 Å². The molecule has 2 rings (SSSR count). The van der Waals surface area contributed by atoms with E-state index in [1.807, 2.05) is 18.5 Å². The number of carbonyl (C=O) groups is 1. The predicted octanol–water partition coefficient (Wildman–Crippen LogP) is 2.98. The van der Waals surface area contributed by atoms with Gasteiger partial charge in [0.1, 0.15) is 12.0 Å². The lowest BCUT2D eigenvalue weighted by Gasteiger charge is -2.09. The summed E-state index contributed by atoms with van der Waals surface area (Å²) >= 11 is 0. The largest absolute Gasteiger partial charge is 0.478 e. The first-order valence-corrected chi connectivity index (χ1v) is 6.50. The molecule has 0 fully saturated rings. The molecule has 2 aromatic heterocycles.